The van der Waals surface area contributed by atoms with Crippen molar-refractivity contribution in [2.45, 2.75) is 57.3 Å². The van der Waals surface area contributed by atoms with Crippen molar-refractivity contribution < 1.29 is 9.52 Å². The van der Waals surface area contributed by atoms with Gasteiger partial charge in [0.05, 0.1) is 5.56 Å². The quantitative estimate of drug-likeness (QED) is 0.894. The van der Waals surface area contributed by atoms with Crippen LogP contribution in [-0.4, -0.2) is 5.11 Å². The van der Waals surface area contributed by atoms with E-state index in [4.69, 9.17) is 4.42 Å². The molecule has 1 fully saturated rings. The van der Waals surface area contributed by atoms with Crippen molar-refractivity contribution in [3.63, 3.8) is 0 Å². The van der Waals surface area contributed by atoms with E-state index in [1.165, 1.54) is 17.7 Å². The summed E-state index contributed by atoms with van der Waals surface area (Å²) in [6.45, 7) is 0. The van der Waals surface area contributed by atoms with Crippen LogP contribution in [0.4, 0.5) is 0 Å². The fourth-order valence-corrected chi connectivity index (χ4v) is 4.73. The molecule has 4 rings (SSSR count). The van der Waals surface area contributed by atoms with Crippen LogP contribution < -0.4 is 5.63 Å². The Morgan fingerprint density at radius 2 is 1.96 bits per heavy atom. The maximum Gasteiger partial charge on any atom is 0.343 e. The van der Waals surface area contributed by atoms with E-state index in [1.54, 1.807) is 11.3 Å². The monoisotopic (exact) mass is 330 g/mol. The van der Waals surface area contributed by atoms with Crippen LogP contribution >= 0.6 is 11.3 Å². The Kier molecular flexibility index (Phi) is 4.02. The van der Waals surface area contributed by atoms with E-state index >= 15 is 0 Å². The van der Waals surface area contributed by atoms with E-state index in [0.717, 1.165) is 49.8 Å². The molecular weight excluding hydrogens is 308 g/mol. The highest BCUT2D eigenvalue weighted by Crippen LogP contribution is 2.49. The molecule has 0 aliphatic heterocycles. The van der Waals surface area contributed by atoms with Crippen molar-refractivity contribution in [3.05, 3.63) is 49.7 Å². The molecule has 0 radical (unpaired) electrons. The summed E-state index contributed by atoms with van der Waals surface area (Å²) in [4.78, 5) is 13.8. The SMILES string of the molecule is O=c1oc2c(c(O)c1C(c1cccs1)C1CC1)CCCCCC2. The molecule has 2 aromatic heterocycles. The number of hydrogen-bond donors (Lipinski definition) is 1. The molecule has 2 aliphatic carbocycles. The van der Waals surface area contributed by atoms with Crippen LogP contribution in [0.5, 0.6) is 5.75 Å². The average Bonchev–Trinajstić information content (AvgIpc) is 3.19. The van der Waals surface area contributed by atoms with E-state index in [-0.39, 0.29) is 17.3 Å². The van der Waals surface area contributed by atoms with Crippen molar-refractivity contribution in [2.75, 3.05) is 0 Å². The van der Waals surface area contributed by atoms with Gasteiger partial charge < -0.3 is 9.52 Å². The van der Waals surface area contributed by atoms with Gasteiger partial charge in [0.1, 0.15) is 11.5 Å². The number of hydrogen-bond acceptors (Lipinski definition) is 4. The fraction of sp³-hybridized carbons (Fsp3) is 0.526. The Morgan fingerprint density at radius 1 is 1.17 bits per heavy atom. The molecule has 1 atom stereocenters. The molecule has 23 heavy (non-hydrogen) atoms. The van der Waals surface area contributed by atoms with Gasteiger partial charge in [-0.15, -0.1) is 11.3 Å². The lowest BCUT2D eigenvalue weighted by molar-refractivity contribution is 0.382. The number of rotatable bonds is 3. The van der Waals surface area contributed by atoms with Crippen molar-refractivity contribution >= 4 is 11.3 Å². The predicted molar refractivity (Wildman–Crippen MR) is 91.4 cm³/mol. The van der Waals surface area contributed by atoms with Gasteiger partial charge in [0.15, 0.2) is 0 Å². The maximum absolute atomic E-state index is 12.7. The van der Waals surface area contributed by atoms with Crippen molar-refractivity contribution in [2.24, 2.45) is 5.92 Å². The van der Waals surface area contributed by atoms with Crippen LogP contribution in [0.25, 0.3) is 0 Å². The van der Waals surface area contributed by atoms with E-state index in [2.05, 4.69) is 6.07 Å². The number of fused-ring (bicyclic) bond motifs is 1. The first-order valence-corrected chi connectivity index (χ1v) is 9.55. The Balaban J connectivity index is 1.84. The Morgan fingerprint density at radius 3 is 2.65 bits per heavy atom. The number of aryl methyl sites for hydroxylation is 1. The summed E-state index contributed by atoms with van der Waals surface area (Å²) in [6.07, 6.45) is 8.28. The third kappa shape index (κ3) is 2.85. The van der Waals surface area contributed by atoms with Crippen LogP contribution in [0, 0.1) is 5.92 Å². The van der Waals surface area contributed by atoms with E-state index < -0.39 is 0 Å². The summed E-state index contributed by atoms with van der Waals surface area (Å²) in [5.41, 5.74) is 1.07. The van der Waals surface area contributed by atoms with Crippen molar-refractivity contribution in [1.29, 1.82) is 0 Å². The van der Waals surface area contributed by atoms with Gasteiger partial charge in [0.2, 0.25) is 0 Å². The van der Waals surface area contributed by atoms with Crippen molar-refractivity contribution in [3.8, 4) is 5.75 Å². The molecule has 2 heterocycles. The second-order valence-electron chi connectivity index (χ2n) is 6.80. The lowest BCUT2D eigenvalue weighted by atomic mass is 9.89. The third-order valence-electron chi connectivity index (χ3n) is 5.15. The first-order chi connectivity index (χ1) is 11.3. The van der Waals surface area contributed by atoms with Crippen LogP contribution in [0.3, 0.4) is 0 Å². The molecule has 3 nitrogen and oxygen atoms in total. The smallest absolute Gasteiger partial charge is 0.343 e. The van der Waals surface area contributed by atoms with Gasteiger partial charge in [-0.05, 0) is 49.5 Å². The normalized spacial score (nSPS) is 19.7. The van der Waals surface area contributed by atoms with Gasteiger partial charge in [-0.2, -0.15) is 0 Å². The predicted octanol–water partition coefficient (Wildman–Crippen LogP) is 4.61. The Hall–Kier alpha value is -1.55. The largest absolute Gasteiger partial charge is 0.507 e. The van der Waals surface area contributed by atoms with Gasteiger partial charge in [-0.1, -0.05) is 18.9 Å². The standard InChI is InChI=1S/C19H22O3S/c20-18-13-6-3-1-2-4-7-14(13)22-19(21)17(18)16(12-9-10-12)15-8-5-11-23-15/h5,8,11-12,16,20H,1-4,6-7,9-10H2. The van der Waals surface area contributed by atoms with Crippen LogP contribution in [0.2, 0.25) is 0 Å². The average molecular weight is 330 g/mol. The Bertz CT molecular complexity index is 741. The van der Waals surface area contributed by atoms with Crippen LogP contribution in [0.15, 0.2) is 26.7 Å². The maximum atomic E-state index is 12.7. The van der Waals surface area contributed by atoms with E-state index in [1.807, 2.05) is 11.4 Å². The highest BCUT2D eigenvalue weighted by Gasteiger charge is 2.38. The minimum Gasteiger partial charge on any atom is -0.507 e. The molecule has 0 aromatic carbocycles. The van der Waals surface area contributed by atoms with Gasteiger partial charge in [0, 0.05) is 22.8 Å². The zero-order valence-electron chi connectivity index (χ0n) is 13.2. The summed E-state index contributed by atoms with van der Waals surface area (Å²) in [5, 5.41) is 13.0. The zero-order valence-corrected chi connectivity index (χ0v) is 14.0. The molecule has 0 bridgehead atoms. The van der Waals surface area contributed by atoms with Crippen LogP contribution in [-0.2, 0) is 12.8 Å². The minimum absolute atomic E-state index is 0.00184. The zero-order chi connectivity index (χ0) is 15.8. The molecule has 1 unspecified atom stereocenters. The summed E-state index contributed by atoms with van der Waals surface area (Å²) in [6, 6.07) is 4.09. The van der Waals surface area contributed by atoms with E-state index in [0.29, 0.717) is 11.5 Å². The summed E-state index contributed by atoms with van der Waals surface area (Å²) >= 11 is 1.66. The third-order valence-corrected chi connectivity index (χ3v) is 6.10. The summed E-state index contributed by atoms with van der Waals surface area (Å²) in [7, 11) is 0. The molecular formula is C19H22O3S. The highest BCUT2D eigenvalue weighted by atomic mass is 32.1. The molecule has 2 aliphatic rings. The first kappa shape index (κ1) is 15.0. The minimum atomic E-state index is -0.327. The molecule has 1 N–H and O–H groups in total. The summed E-state index contributed by atoms with van der Waals surface area (Å²) in [5.74, 6) is 1.41. The second-order valence-corrected chi connectivity index (χ2v) is 7.78. The molecule has 0 saturated heterocycles. The Labute approximate surface area is 140 Å². The topological polar surface area (TPSA) is 50.4 Å². The lowest BCUT2D eigenvalue weighted by Gasteiger charge is -2.20. The molecule has 0 spiro atoms. The molecule has 1 saturated carbocycles. The second kappa shape index (κ2) is 6.16. The van der Waals surface area contributed by atoms with Crippen molar-refractivity contribution in [1.82, 2.24) is 0 Å². The molecule has 2 aromatic rings. The summed E-state index contributed by atoms with van der Waals surface area (Å²) < 4.78 is 5.69. The molecule has 0 amide bonds. The lowest BCUT2D eigenvalue weighted by Crippen LogP contribution is -2.18. The fourth-order valence-electron chi connectivity index (χ4n) is 3.80. The molecule has 4 heteroatoms. The van der Waals surface area contributed by atoms with Gasteiger partial charge in [0.25, 0.3) is 0 Å². The number of aromatic hydroxyl groups is 1. The van der Waals surface area contributed by atoms with Gasteiger partial charge in [-0.3, -0.25) is 0 Å². The molecule has 122 valence electrons. The number of thiophene rings is 1. The first-order valence-electron chi connectivity index (χ1n) is 8.67. The van der Waals surface area contributed by atoms with Gasteiger partial charge >= 0.3 is 5.63 Å². The highest BCUT2D eigenvalue weighted by molar-refractivity contribution is 7.10. The van der Waals surface area contributed by atoms with Gasteiger partial charge in [-0.25, -0.2) is 4.79 Å². The van der Waals surface area contributed by atoms with E-state index in [9.17, 15) is 9.90 Å². The van der Waals surface area contributed by atoms with Crippen LogP contribution in [0.1, 0.15) is 66.2 Å².